The molecule has 1 saturated heterocycles. The van der Waals surface area contributed by atoms with Crippen molar-refractivity contribution < 1.29 is 29.0 Å². The zero-order valence-electron chi connectivity index (χ0n) is 18.8. The number of fused-ring (bicyclic) bond motifs is 1. The molecule has 2 aliphatic heterocycles. The van der Waals surface area contributed by atoms with Gasteiger partial charge in [-0.2, -0.15) is 0 Å². The summed E-state index contributed by atoms with van der Waals surface area (Å²) in [4.78, 5) is 51.4. The number of halogens is 2. The van der Waals surface area contributed by atoms with E-state index in [9.17, 15) is 24.3 Å². The fourth-order valence-electron chi connectivity index (χ4n) is 3.67. The minimum absolute atomic E-state index is 0.00304. The van der Waals surface area contributed by atoms with Gasteiger partial charge < -0.3 is 15.2 Å². The molecule has 0 spiro atoms. The van der Waals surface area contributed by atoms with E-state index >= 15 is 0 Å². The predicted octanol–water partition coefficient (Wildman–Crippen LogP) is 3.99. The van der Waals surface area contributed by atoms with E-state index in [2.05, 4.69) is 5.32 Å². The largest absolute Gasteiger partial charge is 0.477 e. The highest BCUT2D eigenvalue weighted by Crippen LogP contribution is 2.40. The van der Waals surface area contributed by atoms with Crippen LogP contribution in [0.15, 0.2) is 58.6 Å². The fraction of sp³-hybridized carbons (Fsp3) is 0.250. The minimum Gasteiger partial charge on any atom is -0.477 e. The molecule has 188 valence electrons. The van der Waals surface area contributed by atoms with Gasteiger partial charge in [0, 0.05) is 21.2 Å². The van der Waals surface area contributed by atoms with Gasteiger partial charge in [0.05, 0.1) is 16.3 Å². The van der Waals surface area contributed by atoms with E-state index in [-0.39, 0.29) is 23.8 Å². The molecule has 12 heteroatoms. The summed E-state index contributed by atoms with van der Waals surface area (Å²) >= 11 is 14.6. The Morgan fingerprint density at radius 1 is 1.19 bits per heavy atom. The highest BCUT2D eigenvalue weighted by atomic mass is 35.5. The molecule has 2 heterocycles. The molecule has 1 fully saturated rings. The molecule has 2 aromatic carbocycles. The van der Waals surface area contributed by atoms with Crippen LogP contribution in [0.3, 0.4) is 0 Å². The van der Waals surface area contributed by atoms with Crippen LogP contribution in [0.4, 0.5) is 0 Å². The topological polar surface area (TPSA) is 113 Å². The Balaban J connectivity index is 1.38. The van der Waals surface area contributed by atoms with E-state index in [1.807, 2.05) is 6.92 Å². The molecule has 0 aromatic heterocycles. The van der Waals surface area contributed by atoms with Gasteiger partial charge in [0.25, 0.3) is 5.91 Å². The number of β-lactam (4-membered cyclic amide) rings is 1. The number of benzene rings is 2. The van der Waals surface area contributed by atoms with Crippen molar-refractivity contribution >= 4 is 70.5 Å². The SMILES string of the molecule is Cc1ccc(C(=O)OCC2=C(C(=O)O)N3C(=O)[C@@H](NC(=O)CSc4cc(Cl)ccc4Cl)C3SC2)cc1. The molecule has 0 saturated carbocycles. The lowest BCUT2D eigenvalue weighted by atomic mass is 10.0. The molecule has 1 unspecified atom stereocenters. The van der Waals surface area contributed by atoms with Gasteiger partial charge in [0.2, 0.25) is 5.91 Å². The Labute approximate surface area is 225 Å². The number of nitrogens with zero attached hydrogens (tertiary/aromatic N) is 1. The fourth-order valence-corrected chi connectivity index (χ4v) is 6.30. The number of amides is 2. The maximum Gasteiger partial charge on any atom is 0.352 e. The van der Waals surface area contributed by atoms with E-state index in [0.717, 1.165) is 10.5 Å². The Morgan fingerprint density at radius 3 is 2.61 bits per heavy atom. The maximum atomic E-state index is 12.8. The quantitative estimate of drug-likeness (QED) is 0.280. The third kappa shape index (κ3) is 5.67. The Morgan fingerprint density at radius 2 is 1.92 bits per heavy atom. The van der Waals surface area contributed by atoms with Crippen molar-refractivity contribution in [1.29, 1.82) is 0 Å². The monoisotopic (exact) mass is 566 g/mol. The molecular weight excluding hydrogens is 547 g/mol. The first-order valence-corrected chi connectivity index (χ1v) is 13.5. The van der Waals surface area contributed by atoms with Crippen molar-refractivity contribution in [1.82, 2.24) is 10.2 Å². The summed E-state index contributed by atoms with van der Waals surface area (Å²) in [5.74, 6) is -2.58. The van der Waals surface area contributed by atoms with Crippen LogP contribution in [0, 0.1) is 6.92 Å². The standard InChI is InChI=1S/C24H20Cl2N2O6S2/c1-12-2-4-13(5-3-12)24(33)34-9-14-10-36-22-19(21(30)28(22)20(14)23(31)32)27-18(29)11-35-17-8-15(25)6-7-16(17)26/h2-8,19,22H,9-11H2,1H3,(H,27,29)(H,31,32)/t19-,22?/m1/s1. The summed E-state index contributed by atoms with van der Waals surface area (Å²) in [5.41, 5.74) is 1.43. The van der Waals surface area contributed by atoms with Gasteiger partial charge >= 0.3 is 11.9 Å². The number of carbonyl (C=O) groups is 4. The Hall–Kier alpha value is -2.66. The first-order valence-electron chi connectivity index (χ1n) is 10.7. The molecule has 8 nitrogen and oxygen atoms in total. The van der Waals surface area contributed by atoms with Gasteiger partial charge in [0.15, 0.2) is 0 Å². The molecule has 2 atom stereocenters. The number of hydrogen-bond acceptors (Lipinski definition) is 7. The minimum atomic E-state index is -1.30. The highest BCUT2D eigenvalue weighted by molar-refractivity contribution is 8.00. The average Bonchev–Trinajstić information content (AvgIpc) is 2.85. The summed E-state index contributed by atoms with van der Waals surface area (Å²) in [6.07, 6.45) is 0. The lowest BCUT2D eigenvalue weighted by Crippen LogP contribution is -2.70. The number of aliphatic carboxylic acids is 1. The number of esters is 1. The second-order valence-electron chi connectivity index (χ2n) is 8.02. The number of rotatable bonds is 8. The van der Waals surface area contributed by atoms with Gasteiger partial charge in [-0.15, -0.1) is 23.5 Å². The first kappa shape index (κ1) is 26.4. The first-order chi connectivity index (χ1) is 17.2. The summed E-state index contributed by atoms with van der Waals surface area (Å²) in [7, 11) is 0. The molecule has 2 amide bonds. The average molecular weight is 567 g/mol. The van der Waals surface area contributed by atoms with Gasteiger partial charge in [-0.25, -0.2) is 9.59 Å². The zero-order chi connectivity index (χ0) is 26.0. The Bertz CT molecular complexity index is 1270. The lowest BCUT2D eigenvalue weighted by molar-refractivity contribution is -0.150. The number of hydrogen-bond donors (Lipinski definition) is 2. The zero-order valence-corrected chi connectivity index (χ0v) is 22.0. The van der Waals surface area contributed by atoms with Crippen LogP contribution in [-0.2, 0) is 19.1 Å². The van der Waals surface area contributed by atoms with Crippen LogP contribution in [0.5, 0.6) is 0 Å². The number of carbonyl (C=O) groups excluding carboxylic acids is 3. The Kier molecular flexibility index (Phi) is 8.19. The molecule has 0 bridgehead atoms. The number of carboxylic acid groups (broad SMARTS) is 1. The van der Waals surface area contributed by atoms with Gasteiger partial charge in [0.1, 0.15) is 23.7 Å². The molecule has 36 heavy (non-hydrogen) atoms. The lowest BCUT2D eigenvalue weighted by Gasteiger charge is -2.49. The molecule has 0 aliphatic carbocycles. The number of ether oxygens (including phenoxy) is 1. The van der Waals surface area contributed by atoms with Crippen LogP contribution in [0.2, 0.25) is 10.0 Å². The van der Waals surface area contributed by atoms with Crippen molar-refractivity contribution in [3.8, 4) is 0 Å². The maximum absolute atomic E-state index is 12.8. The molecular formula is C24H20Cl2N2O6S2. The van der Waals surface area contributed by atoms with Crippen molar-refractivity contribution in [2.24, 2.45) is 0 Å². The highest BCUT2D eigenvalue weighted by Gasteiger charge is 2.54. The molecule has 0 radical (unpaired) electrons. The smallest absolute Gasteiger partial charge is 0.352 e. The van der Waals surface area contributed by atoms with Crippen LogP contribution in [0.25, 0.3) is 0 Å². The van der Waals surface area contributed by atoms with E-state index in [1.165, 1.54) is 23.5 Å². The number of nitrogens with one attached hydrogen (secondary N) is 1. The van der Waals surface area contributed by atoms with E-state index in [1.54, 1.807) is 42.5 Å². The van der Waals surface area contributed by atoms with Gasteiger partial charge in [-0.3, -0.25) is 14.5 Å². The summed E-state index contributed by atoms with van der Waals surface area (Å²) in [5, 5.41) is 12.8. The summed E-state index contributed by atoms with van der Waals surface area (Å²) < 4.78 is 5.31. The summed E-state index contributed by atoms with van der Waals surface area (Å²) in [6, 6.07) is 10.9. The van der Waals surface area contributed by atoms with E-state index in [0.29, 0.717) is 26.1 Å². The predicted molar refractivity (Wildman–Crippen MR) is 138 cm³/mol. The molecule has 2 aliphatic rings. The van der Waals surface area contributed by atoms with Crippen molar-refractivity contribution in [2.75, 3.05) is 18.1 Å². The van der Waals surface area contributed by atoms with Crippen LogP contribution >= 0.6 is 46.7 Å². The molecule has 2 N–H and O–H groups in total. The summed E-state index contributed by atoms with van der Waals surface area (Å²) in [6.45, 7) is 1.63. The number of aryl methyl sites for hydroxylation is 1. The van der Waals surface area contributed by atoms with E-state index in [4.69, 9.17) is 27.9 Å². The van der Waals surface area contributed by atoms with Crippen molar-refractivity contribution in [2.45, 2.75) is 23.2 Å². The molecule has 4 rings (SSSR count). The second kappa shape index (κ2) is 11.2. The number of thioether (sulfide) groups is 2. The van der Waals surface area contributed by atoms with Crippen LogP contribution in [-0.4, -0.2) is 63.3 Å². The number of carboxylic acids is 1. The second-order valence-corrected chi connectivity index (χ2v) is 11.0. The van der Waals surface area contributed by atoms with Gasteiger partial charge in [-0.1, -0.05) is 40.9 Å². The van der Waals surface area contributed by atoms with Crippen molar-refractivity contribution in [3.05, 3.63) is 74.9 Å². The van der Waals surface area contributed by atoms with Crippen LogP contribution in [0.1, 0.15) is 15.9 Å². The normalized spacial score (nSPS) is 18.9. The van der Waals surface area contributed by atoms with Crippen molar-refractivity contribution in [3.63, 3.8) is 0 Å². The van der Waals surface area contributed by atoms with Gasteiger partial charge in [-0.05, 0) is 37.3 Å². The third-order valence-corrected chi connectivity index (χ3v) is 8.55. The van der Waals surface area contributed by atoms with E-state index < -0.39 is 35.2 Å². The van der Waals surface area contributed by atoms with Crippen LogP contribution < -0.4 is 5.32 Å². The molecule has 2 aromatic rings. The third-order valence-electron chi connectivity index (χ3n) is 5.48.